The lowest BCUT2D eigenvalue weighted by molar-refractivity contribution is -0.132. The number of likely N-dealkylation sites (tertiary alicyclic amines) is 1. The first-order chi connectivity index (χ1) is 9.61. The summed E-state index contributed by atoms with van der Waals surface area (Å²) in [6.45, 7) is 3.43. The van der Waals surface area contributed by atoms with Gasteiger partial charge in [0.15, 0.2) is 5.82 Å². The van der Waals surface area contributed by atoms with Crippen LogP contribution in [0.1, 0.15) is 26.2 Å². The van der Waals surface area contributed by atoms with Crippen LogP contribution >= 0.6 is 11.6 Å². The van der Waals surface area contributed by atoms with E-state index in [1.165, 1.54) is 12.6 Å². The molecule has 0 bridgehead atoms. The molecule has 1 aliphatic heterocycles. The van der Waals surface area contributed by atoms with Crippen molar-refractivity contribution in [2.45, 2.75) is 32.2 Å². The monoisotopic (exact) mass is 298 g/mol. The number of carbonyl (C=O) groups is 1. The SMILES string of the molecule is CC(Nc1nc(NN)ncc1Cl)C(=O)N1CCCCC1. The van der Waals surface area contributed by atoms with E-state index < -0.39 is 6.04 Å². The number of amides is 1. The van der Waals surface area contributed by atoms with Crippen molar-refractivity contribution in [2.24, 2.45) is 5.84 Å². The standard InChI is InChI=1S/C12H19ClN6O/c1-8(11(20)19-5-3-2-4-6-19)16-10-9(13)7-15-12(17-10)18-14/h7-8H,2-6,14H2,1H3,(H2,15,16,17,18). The first-order valence-electron chi connectivity index (χ1n) is 6.66. The van der Waals surface area contributed by atoms with Crippen molar-refractivity contribution in [1.29, 1.82) is 0 Å². The highest BCUT2D eigenvalue weighted by Gasteiger charge is 2.23. The number of piperidine rings is 1. The first-order valence-corrected chi connectivity index (χ1v) is 7.04. The van der Waals surface area contributed by atoms with Crippen LogP contribution in [0.2, 0.25) is 5.02 Å². The fourth-order valence-corrected chi connectivity index (χ4v) is 2.34. The topological polar surface area (TPSA) is 96.2 Å². The Bertz CT molecular complexity index is 477. The van der Waals surface area contributed by atoms with Gasteiger partial charge in [0.25, 0.3) is 0 Å². The van der Waals surface area contributed by atoms with Gasteiger partial charge in [0.05, 0.1) is 6.20 Å². The molecule has 1 aliphatic rings. The molecule has 4 N–H and O–H groups in total. The highest BCUT2D eigenvalue weighted by molar-refractivity contribution is 6.32. The molecule has 0 aliphatic carbocycles. The number of hydrogen-bond donors (Lipinski definition) is 3. The second-order valence-electron chi connectivity index (χ2n) is 4.79. The van der Waals surface area contributed by atoms with Crippen molar-refractivity contribution < 1.29 is 4.79 Å². The molecule has 1 unspecified atom stereocenters. The zero-order valence-corrected chi connectivity index (χ0v) is 12.2. The average Bonchev–Trinajstić information content (AvgIpc) is 2.49. The first kappa shape index (κ1) is 14.8. The number of aromatic nitrogens is 2. The van der Waals surface area contributed by atoms with Crippen molar-refractivity contribution in [3.8, 4) is 0 Å². The lowest BCUT2D eigenvalue weighted by Gasteiger charge is -2.29. The van der Waals surface area contributed by atoms with Crippen LogP contribution < -0.4 is 16.6 Å². The van der Waals surface area contributed by atoms with Crippen molar-refractivity contribution in [3.63, 3.8) is 0 Å². The van der Waals surface area contributed by atoms with E-state index in [1.54, 1.807) is 6.92 Å². The summed E-state index contributed by atoms with van der Waals surface area (Å²) in [6, 6.07) is -0.397. The third-order valence-corrected chi connectivity index (χ3v) is 3.54. The van der Waals surface area contributed by atoms with Crippen LogP contribution in [0.15, 0.2) is 6.20 Å². The molecular formula is C12H19ClN6O. The second-order valence-corrected chi connectivity index (χ2v) is 5.19. The highest BCUT2D eigenvalue weighted by atomic mass is 35.5. The number of nitrogens with zero attached hydrogens (tertiary/aromatic N) is 3. The van der Waals surface area contributed by atoms with E-state index in [2.05, 4.69) is 20.7 Å². The predicted octanol–water partition coefficient (Wildman–Crippen LogP) is 1.23. The van der Waals surface area contributed by atoms with Gasteiger partial charge in [-0.25, -0.2) is 10.8 Å². The Hall–Kier alpha value is -1.60. The molecule has 20 heavy (non-hydrogen) atoms. The summed E-state index contributed by atoms with van der Waals surface area (Å²) in [4.78, 5) is 22.2. The summed E-state index contributed by atoms with van der Waals surface area (Å²) in [5.41, 5.74) is 2.34. The van der Waals surface area contributed by atoms with Crippen LogP contribution in [0.5, 0.6) is 0 Å². The van der Waals surface area contributed by atoms with Gasteiger partial charge in [-0.1, -0.05) is 11.6 Å². The zero-order chi connectivity index (χ0) is 14.5. The molecule has 1 fully saturated rings. The van der Waals surface area contributed by atoms with Gasteiger partial charge in [-0.15, -0.1) is 0 Å². The van der Waals surface area contributed by atoms with E-state index in [9.17, 15) is 4.79 Å². The molecule has 1 aromatic rings. The van der Waals surface area contributed by atoms with Gasteiger partial charge in [0, 0.05) is 13.1 Å². The van der Waals surface area contributed by atoms with E-state index in [0.29, 0.717) is 10.8 Å². The number of hydrogen-bond acceptors (Lipinski definition) is 6. The molecular weight excluding hydrogens is 280 g/mol. The number of nitrogens with one attached hydrogen (secondary N) is 2. The Morgan fingerprint density at radius 3 is 2.80 bits per heavy atom. The molecule has 0 saturated carbocycles. The summed E-state index contributed by atoms with van der Waals surface area (Å²) in [5.74, 6) is 5.95. The Kier molecular flexibility index (Phi) is 4.97. The third-order valence-electron chi connectivity index (χ3n) is 3.26. The molecule has 1 saturated heterocycles. The number of rotatable bonds is 4. The van der Waals surface area contributed by atoms with E-state index in [0.717, 1.165) is 25.9 Å². The summed E-state index contributed by atoms with van der Waals surface area (Å²) < 4.78 is 0. The molecule has 0 aromatic carbocycles. The number of nitrogens with two attached hydrogens (primary N) is 1. The van der Waals surface area contributed by atoms with Gasteiger partial charge in [0.2, 0.25) is 11.9 Å². The maximum Gasteiger partial charge on any atom is 0.244 e. The normalized spacial score (nSPS) is 16.6. The second kappa shape index (κ2) is 6.71. The summed E-state index contributed by atoms with van der Waals surface area (Å²) >= 11 is 6.01. The molecule has 0 radical (unpaired) electrons. The quantitative estimate of drug-likeness (QED) is 0.571. The molecule has 1 amide bonds. The maximum atomic E-state index is 12.3. The number of nitrogen functional groups attached to an aromatic ring is 1. The van der Waals surface area contributed by atoms with Crippen LogP contribution in [0.4, 0.5) is 11.8 Å². The number of hydrazine groups is 1. The molecule has 1 aromatic heterocycles. The van der Waals surface area contributed by atoms with E-state index in [4.69, 9.17) is 17.4 Å². The summed E-state index contributed by atoms with van der Waals surface area (Å²) in [6.07, 6.45) is 4.75. The number of halogens is 1. The fraction of sp³-hybridized carbons (Fsp3) is 0.583. The van der Waals surface area contributed by atoms with Gasteiger partial charge in [-0.05, 0) is 26.2 Å². The van der Waals surface area contributed by atoms with Gasteiger partial charge in [0.1, 0.15) is 11.1 Å². The van der Waals surface area contributed by atoms with Crippen LogP contribution in [-0.4, -0.2) is 39.9 Å². The number of carbonyl (C=O) groups excluding carboxylic acids is 1. The summed E-state index contributed by atoms with van der Waals surface area (Å²) in [7, 11) is 0. The van der Waals surface area contributed by atoms with Gasteiger partial charge in [-0.2, -0.15) is 4.98 Å². The van der Waals surface area contributed by atoms with Crippen molar-refractivity contribution in [3.05, 3.63) is 11.2 Å². The van der Waals surface area contributed by atoms with Crippen molar-refractivity contribution in [1.82, 2.24) is 14.9 Å². The van der Waals surface area contributed by atoms with E-state index in [1.807, 2.05) is 4.90 Å². The Labute approximate surface area is 122 Å². The number of anilines is 2. The minimum atomic E-state index is -0.397. The zero-order valence-electron chi connectivity index (χ0n) is 11.4. The van der Waals surface area contributed by atoms with Gasteiger partial charge in [-0.3, -0.25) is 10.2 Å². The Morgan fingerprint density at radius 2 is 2.15 bits per heavy atom. The highest BCUT2D eigenvalue weighted by Crippen LogP contribution is 2.20. The lowest BCUT2D eigenvalue weighted by atomic mass is 10.1. The minimum absolute atomic E-state index is 0.0571. The van der Waals surface area contributed by atoms with Crippen LogP contribution in [0, 0.1) is 0 Å². The maximum absolute atomic E-state index is 12.3. The molecule has 7 nitrogen and oxygen atoms in total. The van der Waals surface area contributed by atoms with Crippen molar-refractivity contribution in [2.75, 3.05) is 23.8 Å². The van der Waals surface area contributed by atoms with Gasteiger partial charge < -0.3 is 10.2 Å². The molecule has 2 heterocycles. The Morgan fingerprint density at radius 1 is 1.45 bits per heavy atom. The largest absolute Gasteiger partial charge is 0.357 e. The van der Waals surface area contributed by atoms with E-state index in [-0.39, 0.29) is 11.9 Å². The van der Waals surface area contributed by atoms with Gasteiger partial charge >= 0.3 is 0 Å². The average molecular weight is 299 g/mol. The Balaban J connectivity index is 2.03. The van der Waals surface area contributed by atoms with Crippen LogP contribution in [0.25, 0.3) is 0 Å². The molecule has 1 atom stereocenters. The molecule has 8 heteroatoms. The molecule has 110 valence electrons. The third kappa shape index (κ3) is 3.49. The smallest absolute Gasteiger partial charge is 0.244 e. The van der Waals surface area contributed by atoms with Crippen LogP contribution in [-0.2, 0) is 4.79 Å². The molecule has 0 spiro atoms. The van der Waals surface area contributed by atoms with Crippen LogP contribution in [0.3, 0.4) is 0 Å². The molecule has 2 rings (SSSR count). The minimum Gasteiger partial charge on any atom is -0.357 e. The lowest BCUT2D eigenvalue weighted by Crippen LogP contribution is -2.44. The van der Waals surface area contributed by atoms with E-state index >= 15 is 0 Å². The fourth-order valence-electron chi connectivity index (χ4n) is 2.19. The predicted molar refractivity (Wildman–Crippen MR) is 78.4 cm³/mol. The summed E-state index contributed by atoms with van der Waals surface area (Å²) in [5, 5.41) is 3.36. The van der Waals surface area contributed by atoms with Crippen molar-refractivity contribution >= 4 is 29.3 Å².